The van der Waals surface area contributed by atoms with E-state index in [1.807, 2.05) is 18.2 Å². The lowest BCUT2D eigenvalue weighted by atomic mass is 9.54. The van der Waals surface area contributed by atoms with Gasteiger partial charge in [-0.3, -0.25) is 0 Å². The number of ether oxygens (including phenoxy) is 3. The van der Waals surface area contributed by atoms with Crippen LogP contribution in [-0.4, -0.2) is 19.9 Å². The molecule has 4 aliphatic carbocycles. The Morgan fingerprint density at radius 2 is 1.85 bits per heavy atom. The number of allylic oxidation sites excluding steroid dienone is 1. The van der Waals surface area contributed by atoms with Crippen LogP contribution in [-0.2, 0) is 9.47 Å². The molecule has 4 fully saturated rings. The molecule has 4 heteroatoms. The number of benzene rings is 1. The SMILES string of the molecule is C=CCOC(=O)Oc1cccc(C(OC)=C2C3CC4CC(C3)CC2C4)c1. The van der Waals surface area contributed by atoms with Gasteiger partial charge in [-0.05, 0) is 73.5 Å². The molecule has 4 nitrogen and oxygen atoms in total. The van der Waals surface area contributed by atoms with Crippen LogP contribution in [0.15, 0.2) is 42.5 Å². The van der Waals surface area contributed by atoms with E-state index >= 15 is 0 Å². The lowest BCUT2D eigenvalue weighted by Crippen LogP contribution is -2.40. The summed E-state index contributed by atoms with van der Waals surface area (Å²) < 4.78 is 16.0. The Hall–Kier alpha value is -2.23. The fourth-order valence-electron chi connectivity index (χ4n) is 5.42. The van der Waals surface area contributed by atoms with Crippen LogP contribution in [0.5, 0.6) is 5.75 Å². The number of rotatable bonds is 5. The standard InChI is InChI=1S/C22H26O4/c1-3-7-25-22(23)26-19-6-4-5-16(13-19)21(24-2)20-17-9-14-8-15(11-17)12-18(20)10-14/h3-6,13-15,17-18H,1,7-12H2,2H3. The molecule has 0 aromatic heterocycles. The first-order chi connectivity index (χ1) is 12.7. The number of hydrogen-bond donors (Lipinski definition) is 0. The molecule has 4 aliphatic rings. The summed E-state index contributed by atoms with van der Waals surface area (Å²) in [5.41, 5.74) is 2.47. The predicted octanol–water partition coefficient (Wildman–Crippen LogP) is 5.20. The number of carbonyl (C=O) groups excluding carboxylic acids is 1. The molecular weight excluding hydrogens is 328 g/mol. The van der Waals surface area contributed by atoms with E-state index in [2.05, 4.69) is 6.58 Å². The van der Waals surface area contributed by atoms with Crippen LogP contribution in [0.2, 0.25) is 0 Å². The van der Waals surface area contributed by atoms with Crippen molar-refractivity contribution in [1.82, 2.24) is 0 Å². The van der Waals surface area contributed by atoms with Crippen LogP contribution in [0.4, 0.5) is 4.79 Å². The molecule has 5 rings (SSSR count). The Balaban J connectivity index is 1.60. The van der Waals surface area contributed by atoms with Gasteiger partial charge < -0.3 is 14.2 Å². The molecule has 0 heterocycles. The van der Waals surface area contributed by atoms with Gasteiger partial charge in [0.05, 0.1) is 7.11 Å². The zero-order chi connectivity index (χ0) is 18.1. The van der Waals surface area contributed by atoms with Gasteiger partial charge >= 0.3 is 6.16 Å². The van der Waals surface area contributed by atoms with E-state index in [9.17, 15) is 4.79 Å². The van der Waals surface area contributed by atoms with E-state index in [0.717, 1.165) is 23.2 Å². The van der Waals surface area contributed by atoms with Gasteiger partial charge in [-0.15, -0.1) is 0 Å². The van der Waals surface area contributed by atoms with Gasteiger partial charge in [-0.25, -0.2) is 4.79 Å². The van der Waals surface area contributed by atoms with E-state index < -0.39 is 6.16 Å². The molecule has 1 aromatic rings. The maximum absolute atomic E-state index is 11.7. The van der Waals surface area contributed by atoms with Crippen molar-refractivity contribution in [3.05, 3.63) is 48.1 Å². The van der Waals surface area contributed by atoms with Gasteiger partial charge in [0.1, 0.15) is 18.1 Å². The highest BCUT2D eigenvalue weighted by Crippen LogP contribution is 2.57. The monoisotopic (exact) mass is 354 g/mol. The first-order valence-electron chi connectivity index (χ1n) is 9.52. The summed E-state index contributed by atoms with van der Waals surface area (Å²) in [5, 5.41) is 0. The van der Waals surface area contributed by atoms with Crippen LogP contribution in [0, 0.1) is 23.7 Å². The van der Waals surface area contributed by atoms with Crippen LogP contribution in [0.25, 0.3) is 5.76 Å². The van der Waals surface area contributed by atoms with Crippen molar-refractivity contribution in [3.63, 3.8) is 0 Å². The fourth-order valence-corrected chi connectivity index (χ4v) is 5.42. The molecule has 138 valence electrons. The average Bonchev–Trinajstić information content (AvgIpc) is 2.62. The Kier molecular flexibility index (Phi) is 4.75. The van der Waals surface area contributed by atoms with Crippen molar-refractivity contribution >= 4 is 11.9 Å². The van der Waals surface area contributed by atoms with Crippen molar-refractivity contribution in [1.29, 1.82) is 0 Å². The van der Waals surface area contributed by atoms with E-state index in [0.29, 0.717) is 17.6 Å². The lowest BCUT2D eigenvalue weighted by molar-refractivity contribution is 0.0675. The van der Waals surface area contributed by atoms with Crippen LogP contribution in [0.3, 0.4) is 0 Å². The molecule has 4 bridgehead atoms. The third kappa shape index (κ3) is 3.25. The van der Waals surface area contributed by atoms with E-state index in [1.165, 1.54) is 43.8 Å². The van der Waals surface area contributed by atoms with Gasteiger partial charge in [0, 0.05) is 5.56 Å². The quantitative estimate of drug-likeness (QED) is 0.315. The van der Waals surface area contributed by atoms with E-state index in [1.54, 1.807) is 13.2 Å². The molecule has 0 unspecified atom stereocenters. The Labute approximate surface area is 154 Å². The lowest BCUT2D eigenvalue weighted by Gasteiger charge is -2.51. The molecular formula is C22H26O4. The molecule has 0 N–H and O–H groups in total. The fraction of sp³-hybridized carbons (Fsp3) is 0.500. The van der Waals surface area contributed by atoms with Crippen LogP contribution >= 0.6 is 0 Å². The maximum atomic E-state index is 11.7. The minimum Gasteiger partial charge on any atom is -0.496 e. The minimum absolute atomic E-state index is 0.136. The normalized spacial score (nSPS) is 28.6. The van der Waals surface area contributed by atoms with Gasteiger partial charge in [-0.1, -0.05) is 24.8 Å². The minimum atomic E-state index is -0.719. The Morgan fingerprint density at radius 3 is 2.46 bits per heavy atom. The second kappa shape index (κ2) is 7.18. The molecule has 0 atom stereocenters. The van der Waals surface area contributed by atoms with Gasteiger partial charge in [0.15, 0.2) is 0 Å². The third-order valence-electron chi connectivity index (χ3n) is 6.10. The number of carbonyl (C=O) groups is 1. The second-order valence-corrected chi connectivity index (χ2v) is 7.77. The van der Waals surface area contributed by atoms with E-state index in [-0.39, 0.29) is 6.61 Å². The van der Waals surface area contributed by atoms with Crippen LogP contribution < -0.4 is 4.74 Å². The molecule has 26 heavy (non-hydrogen) atoms. The summed E-state index contributed by atoms with van der Waals surface area (Å²) in [6, 6.07) is 7.54. The topological polar surface area (TPSA) is 44.8 Å². The number of hydrogen-bond acceptors (Lipinski definition) is 4. The zero-order valence-electron chi connectivity index (χ0n) is 15.3. The van der Waals surface area contributed by atoms with E-state index in [4.69, 9.17) is 14.2 Å². The van der Waals surface area contributed by atoms with Gasteiger partial charge in [0.2, 0.25) is 0 Å². The van der Waals surface area contributed by atoms with Gasteiger partial charge in [-0.2, -0.15) is 0 Å². The van der Waals surface area contributed by atoms with Crippen molar-refractivity contribution in [3.8, 4) is 5.75 Å². The predicted molar refractivity (Wildman–Crippen MR) is 99.6 cm³/mol. The molecule has 0 aliphatic heterocycles. The molecule has 0 radical (unpaired) electrons. The molecule has 0 amide bonds. The second-order valence-electron chi connectivity index (χ2n) is 7.77. The Morgan fingerprint density at radius 1 is 1.15 bits per heavy atom. The van der Waals surface area contributed by atoms with Crippen LogP contribution in [0.1, 0.15) is 37.7 Å². The average molecular weight is 354 g/mol. The molecule has 0 spiro atoms. The van der Waals surface area contributed by atoms with Crippen molar-refractivity contribution in [2.75, 3.05) is 13.7 Å². The first-order valence-corrected chi connectivity index (χ1v) is 9.52. The summed E-state index contributed by atoms with van der Waals surface area (Å²) in [5.74, 6) is 4.58. The molecule has 4 saturated carbocycles. The maximum Gasteiger partial charge on any atom is 0.514 e. The summed E-state index contributed by atoms with van der Waals surface area (Å²) >= 11 is 0. The van der Waals surface area contributed by atoms with Crippen molar-refractivity contribution in [2.45, 2.75) is 32.1 Å². The molecule has 1 aromatic carbocycles. The largest absolute Gasteiger partial charge is 0.514 e. The van der Waals surface area contributed by atoms with Crippen molar-refractivity contribution in [2.24, 2.45) is 23.7 Å². The highest BCUT2D eigenvalue weighted by Gasteiger charge is 2.46. The summed E-state index contributed by atoms with van der Waals surface area (Å²) in [7, 11) is 1.75. The summed E-state index contributed by atoms with van der Waals surface area (Å²) in [4.78, 5) is 11.7. The van der Waals surface area contributed by atoms with Gasteiger partial charge in [0.25, 0.3) is 0 Å². The highest BCUT2D eigenvalue weighted by atomic mass is 16.7. The van der Waals surface area contributed by atoms with Crippen molar-refractivity contribution < 1.29 is 19.0 Å². The number of methoxy groups -OCH3 is 1. The smallest absolute Gasteiger partial charge is 0.496 e. The highest BCUT2D eigenvalue weighted by molar-refractivity contribution is 5.68. The Bertz CT molecular complexity index is 703. The molecule has 0 saturated heterocycles. The third-order valence-corrected chi connectivity index (χ3v) is 6.10. The summed E-state index contributed by atoms with van der Waals surface area (Å²) in [6.45, 7) is 3.66. The first kappa shape index (κ1) is 17.2. The zero-order valence-corrected chi connectivity index (χ0v) is 15.3. The summed E-state index contributed by atoms with van der Waals surface area (Å²) in [6.07, 6.45) is 7.44.